The number of phenolic OH excluding ortho intramolecular Hbond substituents is 1. The summed E-state index contributed by atoms with van der Waals surface area (Å²) < 4.78 is 0. The van der Waals surface area contributed by atoms with Crippen LogP contribution in [0.2, 0.25) is 0 Å². The third kappa shape index (κ3) is 11.3. The summed E-state index contributed by atoms with van der Waals surface area (Å²) in [7, 11) is 0. The van der Waals surface area contributed by atoms with Gasteiger partial charge in [0.1, 0.15) is 23.9 Å². The van der Waals surface area contributed by atoms with Gasteiger partial charge in [-0.05, 0) is 36.5 Å². The molecule has 0 aliphatic rings. The van der Waals surface area contributed by atoms with E-state index in [1.54, 1.807) is 19.1 Å². The van der Waals surface area contributed by atoms with E-state index in [4.69, 9.17) is 17.2 Å². The zero-order valence-electron chi connectivity index (χ0n) is 21.6. The van der Waals surface area contributed by atoms with E-state index in [0.29, 0.717) is 24.9 Å². The first-order valence-electron chi connectivity index (χ1n) is 12.2. The van der Waals surface area contributed by atoms with Gasteiger partial charge in [0.2, 0.25) is 17.7 Å². The Kier molecular flexibility index (Phi) is 14.0. The number of benzene rings is 1. The molecule has 0 spiro atoms. The topological polar surface area (TPSA) is 235 Å². The number of amides is 3. The van der Waals surface area contributed by atoms with Crippen molar-refractivity contribution in [3.63, 3.8) is 0 Å². The van der Waals surface area contributed by atoms with Crippen LogP contribution < -0.4 is 33.2 Å². The number of nitrogens with one attached hydrogen (secondary N) is 3. The fraction of sp³-hybridized carbons (Fsp3) is 0.542. The molecule has 0 saturated heterocycles. The maximum Gasteiger partial charge on any atom is 0.326 e. The standard InChI is InChI=1S/C24H39N7O6S/c1-3-13(2)19(31-20(33)16(25)5-4-10-28-24(26)27)22(35)30-18(12-38)21(34)29-17(23(36)37)11-14-6-8-15(32)9-7-14/h6-9,13,16-19,32,38H,3-5,10-12,25H2,1-2H3,(H,29,34)(H,30,35)(H,31,33)(H,36,37)(H4,26,27,28). The molecule has 0 aliphatic carbocycles. The van der Waals surface area contributed by atoms with E-state index in [2.05, 4.69) is 33.6 Å². The van der Waals surface area contributed by atoms with E-state index in [9.17, 15) is 29.4 Å². The number of aliphatic carboxylic acids is 1. The average Bonchev–Trinajstić information content (AvgIpc) is 2.87. The number of rotatable bonds is 16. The molecule has 38 heavy (non-hydrogen) atoms. The van der Waals surface area contributed by atoms with Gasteiger partial charge in [-0.25, -0.2) is 4.79 Å². The molecule has 0 saturated carbocycles. The molecule has 1 rings (SSSR count). The minimum absolute atomic E-state index is 0.0253. The van der Waals surface area contributed by atoms with Gasteiger partial charge in [-0.2, -0.15) is 12.6 Å². The predicted molar refractivity (Wildman–Crippen MR) is 146 cm³/mol. The Balaban J connectivity index is 2.84. The van der Waals surface area contributed by atoms with Gasteiger partial charge in [0.25, 0.3) is 0 Å². The fourth-order valence-electron chi connectivity index (χ4n) is 3.41. The summed E-state index contributed by atoms with van der Waals surface area (Å²) in [5.41, 5.74) is 17.1. The SMILES string of the molecule is CCC(C)C(NC(=O)C(N)CCCN=C(N)N)C(=O)NC(CS)C(=O)NC(Cc1ccc(O)cc1)C(=O)O. The highest BCUT2D eigenvalue weighted by molar-refractivity contribution is 7.80. The van der Waals surface area contributed by atoms with Crippen molar-refractivity contribution >= 4 is 42.3 Å². The second-order valence-corrected chi connectivity index (χ2v) is 9.31. The fourth-order valence-corrected chi connectivity index (χ4v) is 3.67. The van der Waals surface area contributed by atoms with Crippen LogP contribution in [0.25, 0.3) is 0 Å². The van der Waals surface area contributed by atoms with Gasteiger partial charge >= 0.3 is 5.97 Å². The highest BCUT2D eigenvalue weighted by Gasteiger charge is 2.32. The number of aromatic hydroxyl groups is 1. The first-order valence-corrected chi connectivity index (χ1v) is 12.9. The highest BCUT2D eigenvalue weighted by atomic mass is 32.1. The van der Waals surface area contributed by atoms with Gasteiger partial charge in [0, 0.05) is 18.7 Å². The lowest BCUT2D eigenvalue weighted by Crippen LogP contribution is -2.59. The smallest absolute Gasteiger partial charge is 0.326 e. The third-order valence-corrected chi connectivity index (χ3v) is 6.27. The number of hydrogen-bond donors (Lipinski definition) is 9. The molecule has 0 radical (unpaired) electrons. The molecule has 0 aliphatic heterocycles. The first kappa shape index (κ1) is 32.5. The number of carbonyl (C=O) groups is 4. The minimum atomic E-state index is -1.28. The van der Waals surface area contributed by atoms with E-state index in [1.807, 2.05) is 6.92 Å². The monoisotopic (exact) mass is 553 g/mol. The molecule has 11 N–H and O–H groups in total. The quantitative estimate of drug-likeness (QED) is 0.0518. The zero-order chi connectivity index (χ0) is 28.8. The van der Waals surface area contributed by atoms with E-state index in [0.717, 1.165) is 0 Å². The number of nitrogens with zero attached hydrogens (tertiary/aromatic N) is 1. The van der Waals surface area contributed by atoms with Gasteiger partial charge in [0.05, 0.1) is 6.04 Å². The van der Waals surface area contributed by atoms with Crippen molar-refractivity contribution < 1.29 is 29.4 Å². The van der Waals surface area contributed by atoms with E-state index < -0.39 is 47.9 Å². The predicted octanol–water partition coefficient (Wildman–Crippen LogP) is -1.17. The van der Waals surface area contributed by atoms with E-state index >= 15 is 0 Å². The molecule has 1 aromatic carbocycles. The molecule has 212 valence electrons. The molecule has 1 aromatic rings. The Labute approximate surface area is 227 Å². The molecule has 14 heteroatoms. The van der Waals surface area contributed by atoms with Crippen LogP contribution in [-0.4, -0.2) is 76.3 Å². The summed E-state index contributed by atoms with van der Waals surface area (Å²) in [6.07, 6.45) is 1.25. The number of carboxylic acid groups (broad SMARTS) is 1. The number of carboxylic acids is 1. The molecule has 0 aromatic heterocycles. The summed E-state index contributed by atoms with van der Waals surface area (Å²) in [5, 5.41) is 26.6. The second-order valence-electron chi connectivity index (χ2n) is 8.94. The second kappa shape index (κ2) is 16.3. The van der Waals surface area contributed by atoms with Gasteiger partial charge in [-0.3, -0.25) is 19.4 Å². The average molecular weight is 554 g/mol. The minimum Gasteiger partial charge on any atom is -0.508 e. The third-order valence-electron chi connectivity index (χ3n) is 5.90. The number of carbonyl (C=O) groups excluding carboxylic acids is 3. The number of aliphatic imine (C=N–C) groups is 1. The number of thiol groups is 1. The molecule has 13 nitrogen and oxygen atoms in total. The number of hydrogen-bond acceptors (Lipinski definition) is 8. The molecule has 5 atom stereocenters. The lowest BCUT2D eigenvalue weighted by atomic mass is 9.97. The van der Waals surface area contributed by atoms with Crippen LogP contribution in [0.4, 0.5) is 0 Å². The maximum absolute atomic E-state index is 13.1. The maximum atomic E-state index is 13.1. The summed E-state index contributed by atoms with van der Waals surface area (Å²) in [6.45, 7) is 3.92. The van der Waals surface area contributed by atoms with Crippen molar-refractivity contribution in [2.75, 3.05) is 12.3 Å². The van der Waals surface area contributed by atoms with Gasteiger partial charge < -0.3 is 43.4 Å². The zero-order valence-corrected chi connectivity index (χ0v) is 22.5. The van der Waals surface area contributed by atoms with Crippen LogP contribution in [0.3, 0.4) is 0 Å². The van der Waals surface area contributed by atoms with Gasteiger partial charge in [-0.1, -0.05) is 32.4 Å². The van der Waals surface area contributed by atoms with Crippen LogP contribution in [-0.2, 0) is 25.6 Å². The number of phenols is 1. The Hall–Kier alpha value is -3.52. The Morgan fingerprint density at radius 3 is 2.13 bits per heavy atom. The number of guanidine groups is 1. The van der Waals surface area contributed by atoms with Crippen LogP contribution in [0.5, 0.6) is 5.75 Å². The Morgan fingerprint density at radius 2 is 1.61 bits per heavy atom. The lowest BCUT2D eigenvalue weighted by Gasteiger charge is -2.27. The van der Waals surface area contributed by atoms with Crippen molar-refractivity contribution in [2.24, 2.45) is 28.1 Å². The largest absolute Gasteiger partial charge is 0.508 e. The molecule has 3 amide bonds. The van der Waals surface area contributed by atoms with E-state index in [1.165, 1.54) is 12.1 Å². The molecular formula is C24H39N7O6S. The van der Waals surface area contributed by atoms with Crippen molar-refractivity contribution in [3.8, 4) is 5.75 Å². The Morgan fingerprint density at radius 1 is 1.00 bits per heavy atom. The van der Waals surface area contributed by atoms with Gasteiger partial charge in [0.15, 0.2) is 5.96 Å². The lowest BCUT2D eigenvalue weighted by molar-refractivity contribution is -0.142. The van der Waals surface area contributed by atoms with Crippen LogP contribution in [0.1, 0.15) is 38.7 Å². The van der Waals surface area contributed by atoms with Crippen molar-refractivity contribution in [2.45, 2.75) is 63.7 Å². The van der Waals surface area contributed by atoms with E-state index in [-0.39, 0.29) is 36.2 Å². The van der Waals surface area contributed by atoms with Crippen molar-refractivity contribution in [1.29, 1.82) is 0 Å². The molecular weight excluding hydrogens is 514 g/mol. The van der Waals surface area contributed by atoms with Crippen LogP contribution in [0.15, 0.2) is 29.3 Å². The normalized spacial score (nSPS) is 14.7. The van der Waals surface area contributed by atoms with Crippen molar-refractivity contribution in [3.05, 3.63) is 29.8 Å². The summed E-state index contributed by atoms with van der Waals surface area (Å²) >= 11 is 4.14. The van der Waals surface area contributed by atoms with Crippen molar-refractivity contribution in [1.82, 2.24) is 16.0 Å². The molecule has 0 heterocycles. The van der Waals surface area contributed by atoms with Crippen LogP contribution >= 0.6 is 12.6 Å². The highest BCUT2D eigenvalue weighted by Crippen LogP contribution is 2.12. The molecule has 0 fully saturated rings. The number of nitrogens with two attached hydrogens (primary N) is 3. The molecule has 0 bridgehead atoms. The summed E-state index contributed by atoms with van der Waals surface area (Å²) in [5.74, 6) is -3.63. The first-order chi connectivity index (χ1) is 17.9. The summed E-state index contributed by atoms with van der Waals surface area (Å²) in [6, 6.07) is 1.57. The molecule has 5 unspecified atom stereocenters. The Bertz CT molecular complexity index is 972. The van der Waals surface area contributed by atoms with Gasteiger partial charge in [-0.15, -0.1) is 0 Å². The van der Waals surface area contributed by atoms with Crippen LogP contribution in [0, 0.1) is 5.92 Å². The summed E-state index contributed by atoms with van der Waals surface area (Å²) in [4.78, 5) is 54.1.